The van der Waals surface area contributed by atoms with Crippen molar-refractivity contribution in [1.29, 1.82) is 0 Å². The summed E-state index contributed by atoms with van der Waals surface area (Å²) in [5, 5.41) is 7.19. The summed E-state index contributed by atoms with van der Waals surface area (Å²) in [4.78, 5) is 12.9. The van der Waals surface area contributed by atoms with E-state index in [0.717, 1.165) is 13.8 Å². The average molecular weight is 583 g/mol. The smallest absolute Gasteiger partial charge is 0.350 e. The zero-order chi connectivity index (χ0) is 27.8. The minimum absolute atomic E-state index is 0.0293. The summed E-state index contributed by atoms with van der Waals surface area (Å²) in [6.07, 6.45) is -0.797. The molecule has 0 bridgehead atoms. The van der Waals surface area contributed by atoms with Gasteiger partial charge in [-0.3, -0.25) is 9.48 Å². The maximum Gasteiger partial charge on any atom is 0.394 e. The molecule has 1 N–H and O–H groups in total. The van der Waals surface area contributed by atoms with Crippen molar-refractivity contribution in [3.05, 3.63) is 39.5 Å². The number of sulfone groups is 1. The van der Waals surface area contributed by atoms with E-state index in [1.54, 1.807) is 12.1 Å². The first-order chi connectivity index (χ1) is 17.0. The van der Waals surface area contributed by atoms with Gasteiger partial charge in [-0.2, -0.15) is 18.3 Å². The Labute approximate surface area is 225 Å². The largest absolute Gasteiger partial charge is 0.394 e. The van der Waals surface area contributed by atoms with Crippen molar-refractivity contribution in [2.75, 3.05) is 12.8 Å². The molecule has 6 nitrogen and oxygen atoms in total. The molecule has 1 fully saturated rings. The third-order valence-corrected chi connectivity index (χ3v) is 9.42. The number of benzene rings is 1. The van der Waals surface area contributed by atoms with Crippen LogP contribution in [-0.2, 0) is 22.8 Å². The van der Waals surface area contributed by atoms with Gasteiger partial charge in [-0.1, -0.05) is 49.2 Å². The van der Waals surface area contributed by atoms with Crippen LogP contribution in [0, 0.1) is 11.3 Å². The Balaban J connectivity index is 1.76. The molecule has 206 valence electrons. The van der Waals surface area contributed by atoms with Crippen molar-refractivity contribution < 1.29 is 26.4 Å². The highest BCUT2D eigenvalue weighted by Gasteiger charge is 2.47. The molecule has 1 aromatic heterocycles. The van der Waals surface area contributed by atoms with Crippen molar-refractivity contribution in [2.45, 2.75) is 70.8 Å². The second kappa shape index (κ2) is 11.1. The number of aromatic nitrogens is 2. The van der Waals surface area contributed by atoms with Gasteiger partial charge in [0.05, 0.1) is 26.4 Å². The second-order valence-electron chi connectivity index (χ2n) is 10.4. The minimum atomic E-state index is -4.36. The number of halogens is 5. The Morgan fingerprint density at radius 3 is 2.30 bits per heavy atom. The van der Waals surface area contributed by atoms with Gasteiger partial charge in [-0.25, -0.2) is 8.42 Å². The maximum atomic E-state index is 13.3. The molecule has 0 saturated heterocycles. The van der Waals surface area contributed by atoms with Gasteiger partial charge in [0.1, 0.15) is 9.84 Å². The van der Waals surface area contributed by atoms with Crippen molar-refractivity contribution in [2.24, 2.45) is 11.3 Å². The lowest BCUT2D eigenvalue weighted by Crippen LogP contribution is -2.34. The van der Waals surface area contributed by atoms with Gasteiger partial charge in [-0.15, -0.1) is 0 Å². The Bertz CT molecular complexity index is 1250. The molecule has 0 spiro atoms. The van der Waals surface area contributed by atoms with Crippen LogP contribution in [0.5, 0.6) is 0 Å². The van der Waals surface area contributed by atoms with Crippen LogP contribution in [0.1, 0.15) is 62.5 Å². The number of nitrogens with zero attached hydrogens (tertiary/aromatic N) is 2. The van der Waals surface area contributed by atoms with Gasteiger partial charge in [0, 0.05) is 24.9 Å². The first kappa shape index (κ1) is 29.8. The van der Waals surface area contributed by atoms with Crippen molar-refractivity contribution >= 4 is 38.9 Å². The third-order valence-electron chi connectivity index (χ3n) is 7.06. The SMILES string of the molecule is CCn1nc(C(=O)NC[C@H]2CC[C@H](S(C)(=O)=O)CC2)c(Cl)c1-c1ccc(CC(C)(C)C(F)(F)F)cc1Cl. The molecule has 12 heteroatoms. The number of alkyl halides is 3. The van der Waals surface area contributed by atoms with Gasteiger partial charge in [0.2, 0.25) is 0 Å². The first-order valence-electron chi connectivity index (χ1n) is 12.1. The summed E-state index contributed by atoms with van der Waals surface area (Å²) < 4.78 is 65.0. The predicted molar refractivity (Wildman–Crippen MR) is 140 cm³/mol. The van der Waals surface area contributed by atoms with Gasteiger partial charge >= 0.3 is 6.18 Å². The summed E-state index contributed by atoms with van der Waals surface area (Å²) in [7, 11) is -3.06. The van der Waals surface area contributed by atoms with Gasteiger partial charge in [-0.05, 0) is 56.6 Å². The molecule has 0 aliphatic heterocycles. The quantitative estimate of drug-likeness (QED) is 0.394. The number of hydrogen-bond donors (Lipinski definition) is 1. The molecule has 1 saturated carbocycles. The van der Waals surface area contributed by atoms with Crippen LogP contribution < -0.4 is 5.32 Å². The van der Waals surface area contributed by atoms with Crippen LogP contribution in [0.2, 0.25) is 10.0 Å². The summed E-state index contributed by atoms with van der Waals surface area (Å²) >= 11 is 13.1. The van der Waals surface area contributed by atoms with Gasteiger partial charge in [0.25, 0.3) is 5.91 Å². The van der Waals surface area contributed by atoms with Crippen molar-refractivity contribution in [3.63, 3.8) is 0 Å². The molecule has 1 aliphatic rings. The normalized spacial score (nSPS) is 19.2. The Kier molecular flexibility index (Phi) is 8.96. The molecule has 37 heavy (non-hydrogen) atoms. The van der Waals surface area contributed by atoms with Gasteiger partial charge in [0.15, 0.2) is 5.69 Å². The minimum Gasteiger partial charge on any atom is -0.350 e. The lowest BCUT2D eigenvalue weighted by Gasteiger charge is -2.28. The van der Waals surface area contributed by atoms with Crippen LogP contribution >= 0.6 is 23.2 Å². The second-order valence-corrected chi connectivity index (χ2v) is 13.5. The van der Waals surface area contributed by atoms with Crippen LogP contribution in [0.15, 0.2) is 18.2 Å². The summed E-state index contributed by atoms with van der Waals surface area (Å²) in [6, 6.07) is 4.66. The number of aryl methyl sites for hydroxylation is 1. The topological polar surface area (TPSA) is 81.1 Å². The van der Waals surface area contributed by atoms with Crippen molar-refractivity contribution in [1.82, 2.24) is 15.1 Å². The van der Waals surface area contributed by atoms with Crippen LogP contribution in [-0.4, -0.2) is 48.3 Å². The number of amides is 1. The highest BCUT2D eigenvalue weighted by molar-refractivity contribution is 7.91. The molecule has 2 aromatic rings. The highest BCUT2D eigenvalue weighted by atomic mass is 35.5. The number of nitrogens with one attached hydrogen (secondary N) is 1. The summed E-state index contributed by atoms with van der Waals surface area (Å²) in [6.45, 7) is 4.87. The van der Waals surface area contributed by atoms with Crippen molar-refractivity contribution in [3.8, 4) is 11.3 Å². The lowest BCUT2D eigenvalue weighted by atomic mass is 9.85. The fourth-order valence-electron chi connectivity index (χ4n) is 4.63. The monoisotopic (exact) mass is 581 g/mol. The first-order valence-corrected chi connectivity index (χ1v) is 14.8. The number of hydrogen-bond acceptors (Lipinski definition) is 4. The standard InChI is InChI=1S/C25H32Cl2F3N3O3S/c1-5-33-22(18-11-8-16(12-19(18)26)13-24(2,3)25(28,29)30)20(27)21(32-33)23(34)31-14-15-6-9-17(10-7-15)37(4,35)36/h8,11-12,15,17H,5-7,9-10,13-14H2,1-4H3,(H,31,34)/t15-,17-. The van der Waals surface area contributed by atoms with E-state index in [0.29, 0.717) is 55.6 Å². The van der Waals surface area contributed by atoms with Crippen LogP contribution in [0.4, 0.5) is 13.2 Å². The fourth-order valence-corrected chi connectivity index (χ4v) is 6.37. The lowest BCUT2D eigenvalue weighted by molar-refractivity contribution is -0.211. The molecule has 1 aromatic carbocycles. The van der Waals surface area contributed by atoms with Gasteiger partial charge < -0.3 is 5.32 Å². The maximum absolute atomic E-state index is 13.3. The van der Waals surface area contributed by atoms with E-state index in [4.69, 9.17) is 23.2 Å². The van der Waals surface area contributed by atoms with E-state index >= 15 is 0 Å². The molecule has 1 amide bonds. The van der Waals surface area contributed by atoms with E-state index < -0.39 is 27.3 Å². The third kappa shape index (κ3) is 6.81. The molecular formula is C25H32Cl2F3N3O3S. The highest BCUT2D eigenvalue weighted by Crippen LogP contribution is 2.42. The number of carbonyl (C=O) groups is 1. The summed E-state index contributed by atoms with van der Waals surface area (Å²) in [5.74, 6) is -0.292. The molecule has 1 aliphatic carbocycles. The van der Waals surface area contributed by atoms with E-state index in [9.17, 15) is 26.4 Å². The molecule has 1 heterocycles. The average Bonchev–Trinajstić information content (AvgIpc) is 3.12. The zero-order valence-electron chi connectivity index (χ0n) is 21.3. The Morgan fingerprint density at radius 1 is 1.16 bits per heavy atom. The molecule has 3 rings (SSSR count). The molecule has 0 radical (unpaired) electrons. The molecular weight excluding hydrogens is 550 g/mol. The Morgan fingerprint density at radius 2 is 1.78 bits per heavy atom. The number of carbonyl (C=O) groups excluding carboxylic acids is 1. The predicted octanol–water partition coefficient (Wildman–Crippen LogP) is 6.34. The van der Waals surface area contributed by atoms with E-state index in [2.05, 4.69) is 10.4 Å². The fraction of sp³-hybridized carbons (Fsp3) is 0.600. The van der Waals surface area contributed by atoms with E-state index in [-0.39, 0.29) is 33.3 Å². The number of rotatable bonds is 8. The summed E-state index contributed by atoms with van der Waals surface area (Å²) in [5.41, 5.74) is -0.585. The molecule has 0 unspecified atom stereocenters. The van der Waals surface area contributed by atoms with E-state index in [1.165, 1.54) is 17.0 Å². The molecule has 0 atom stereocenters. The van der Waals surface area contributed by atoms with Crippen LogP contribution in [0.25, 0.3) is 11.3 Å². The van der Waals surface area contributed by atoms with E-state index in [1.807, 2.05) is 6.92 Å². The van der Waals surface area contributed by atoms with Crippen LogP contribution in [0.3, 0.4) is 0 Å². The Hall–Kier alpha value is -1.78. The zero-order valence-corrected chi connectivity index (χ0v) is 23.6.